The molecule has 0 aliphatic heterocycles. The third-order valence-corrected chi connectivity index (χ3v) is 5.47. The van der Waals surface area contributed by atoms with Crippen LogP contribution in [0.25, 0.3) is 10.2 Å². The van der Waals surface area contributed by atoms with E-state index in [-0.39, 0.29) is 5.91 Å². The van der Waals surface area contributed by atoms with Crippen molar-refractivity contribution in [3.05, 3.63) is 44.8 Å². The van der Waals surface area contributed by atoms with Crippen molar-refractivity contribution >= 4 is 77.4 Å². The Morgan fingerprint density at radius 3 is 2.81 bits per heavy atom. The first-order chi connectivity index (χ1) is 12.4. The number of rotatable bonds is 5. The van der Waals surface area contributed by atoms with E-state index >= 15 is 0 Å². The molecular weight excluding hydrogens is 463 g/mol. The maximum atomic E-state index is 12.4. The Hall–Kier alpha value is -1.58. The van der Waals surface area contributed by atoms with Crippen molar-refractivity contribution in [3.8, 4) is 5.75 Å². The monoisotopic (exact) mass is 474 g/mol. The molecule has 0 fully saturated rings. The molecule has 0 aliphatic rings. The van der Waals surface area contributed by atoms with Crippen molar-refractivity contribution in [1.29, 1.82) is 0 Å². The van der Waals surface area contributed by atoms with Gasteiger partial charge in [-0.1, -0.05) is 34.5 Å². The van der Waals surface area contributed by atoms with Crippen LogP contribution >= 0.6 is 50.5 Å². The zero-order valence-corrected chi connectivity index (χ0v) is 17.3. The molecule has 1 heterocycles. The highest BCUT2D eigenvalue weighted by Crippen LogP contribution is 2.34. The summed E-state index contributed by atoms with van der Waals surface area (Å²) in [5, 5.41) is 4.23. The van der Waals surface area contributed by atoms with Crippen LogP contribution < -0.4 is 21.3 Å². The van der Waals surface area contributed by atoms with E-state index in [0.717, 1.165) is 14.7 Å². The first-order valence-corrected chi connectivity index (χ1v) is 9.73. The maximum Gasteiger partial charge on any atom is 0.265 e. The minimum atomic E-state index is -0.758. The Bertz CT molecular complexity index is 982. The minimum Gasteiger partial charge on any atom is -0.479 e. The van der Waals surface area contributed by atoms with E-state index < -0.39 is 6.10 Å². The number of benzene rings is 2. The standard InChI is InChI=1S/C16H13BrCl2N4O2S/c1-7(25-12-3-2-8(18)4-11(12)19)15(24)21-9-5-10(17)14-13(6-9)26-16(22-14)23-20/h2-7H,20H2,1H3,(H,21,24)(H,22,23). The van der Waals surface area contributed by atoms with Gasteiger partial charge in [0.25, 0.3) is 5.91 Å². The largest absolute Gasteiger partial charge is 0.479 e. The molecule has 10 heteroatoms. The molecule has 4 N–H and O–H groups in total. The number of nitrogens with zero attached hydrogens (tertiary/aromatic N) is 1. The van der Waals surface area contributed by atoms with Gasteiger partial charge in [0.05, 0.1) is 15.2 Å². The number of fused-ring (bicyclic) bond motifs is 1. The lowest BCUT2D eigenvalue weighted by molar-refractivity contribution is -0.122. The molecule has 0 bridgehead atoms. The molecule has 1 unspecified atom stereocenters. The second-order valence-electron chi connectivity index (χ2n) is 5.29. The van der Waals surface area contributed by atoms with E-state index in [9.17, 15) is 4.79 Å². The molecule has 2 aromatic carbocycles. The number of halogens is 3. The van der Waals surface area contributed by atoms with Crippen LogP contribution in [0.2, 0.25) is 10.0 Å². The Balaban J connectivity index is 1.75. The number of carbonyl (C=O) groups is 1. The van der Waals surface area contributed by atoms with Crippen molar-refractivity contribution in [2.75, 3.05) is 10.7 Å². The van der Waals surface area contributed by atoms with Crippen LogP contribution in [-0.4, -0.2) is 17.0 Å². The highest BCUT2D eigenvalue weighted by Gasteiger charge is 2.18. The van der Waals surface area contributed by atoms with E-state index in [1.165, 1.54) is 11.3 Å². The predicted octanol–water partition coefficient (Wildman–Crippen LogP) is 5.06. The van der Waals surface area contributed by atoms with Gasteiger partial charge >= 0.3 is 0 Å². The molecule has 3 aromatic rings. The molecule has 0 aliphatic carbocycles. The molecule has 1 aromatic heterocycles. The average molecular weight is 476 g/mol. The summed E-state index contributed by atoms with van der Waals surface area (Å²) in [6.45, 7) is 1.64. The van der Waals surface area contributed by atoms with E-state index in [4.69, 9.17) is 33.8 Å². The van der Waals surface area contributed by atoms with Crippen LogP contribution in [0.4, 0.5) is 10.8 Å². The van der Waals surface area contributed by atoms with Gasteiger partial charge in [0.1, 0.15) is 5.75 Å². The molecule has 0 radical (unpaired) electrons. The second-order valence-corrected chi connectivity index (χ2v) is 8.02. The van der Waals surface area contributed by atoms with Crippen molar-refractivity contribution in [3.63, 3.8) is 0 Å². The first kappa shape index (κ1) is 19.2. The summed E-state index contributed by atoms with van der Waals surface area (Å²) < 4.78 is 7.24. The molecule has 26 heavy (non-hydrogen) atoms. The summed E-state index contributed by atoms with van der Waals surface area (Å²) in [6, 6.07) is 8.41. The molecular formula is C16H13BrCl2N4O2S. The van der Waals surface area contributed by atoms with Crippen molar-refractivity contribution < 1.29 is 9.53 Å². The highest BCUT2D eigenvalue weighted by atomic mass is 79.9. The fourth-order valence-corrected chi connectivity index (χ4v) is 4.16. The van der Waals surface area contributed by atoms with Gasteiger partial charge < -0.3 is 10.1 Å². The molecule has 0 saturated carbocycles. The Morgan fingerprint density at radius 1 is 1.35 bits per heavy atom. The number of hydrogen-bond acceptors (Lipinski definition) is 6. The summed E-state index contributed by atoms with van der Waals surface area (Å²) in [5.41, 5.74) is 3.89. The summed E-state index contributed by atoms with van der Waals surface area (Å²) in [5.74, 6) is 5.46. The van der Waals surface area contributed by atoms with Gasteiger partial charge in [-0.05, 0) is 53.2 Å². The number of amides is 1. The van der Waals surface area contributed by atoms with Gasteiger partial charge in [-0.2, -0.15) is 0 Å². The second kappa shape index (κ2) is 7.98. The first-order valence-electron chi connectivity index (χ1n) is 7.36. The smallest absolute Gasteiger partial charge is 0.265 e. The molecule has 0 spiro atoms. The molecule has 0 saturated heterocycles. The zero-order valence-electron chi connectivity index (χ0n) is 13.3. The minimum absolute atomic E-state index is 0.316. The summed E-state index contributed by atoms with van der Waals surface area (Å²) in [4.78, 5) is 16.8. The van der Waals surface area contributed by atoms with Gasteiger partial charge in [-0.25, -0.2) is 10.8 Å². The maximum absolute atomic E-state index is 12.4. The number of thiazole rings is 1. The number of carbonyl (C=O) groups excluding carboxylic acids is 1. The summed E-state index contributed by atoms with van der Waals surface area (Å²) in [6.07, 6.45) is -0.758. The number of nitrogens with one attached hydrogen (secondary N) is 2. The average Bonchev–Trinajstić information content (AvgIpc) is 3.01. The Kier molecular flexibility index (Phi) is 5.89. The SMILES string of the molecule is CC(Oc1ccc(Cl)cc1Cl)C(=O)Nc1cc(Br)c2nc(NN)sc2c1. The van der Waals surface area contributed by atoms with Crippen LogP contribution in [0, 0.1) is 0 Å². The van der Waals surface area contributed by atoms with Crippen LogP contribution in [-0.2, 0) is 4.79 Å². The summed E-state index contributed by atoms with van der Waals surface area (Å²) in [7, 11) is 0. The number of aromatic nitrogens is 1. The van der Waals surface area contributed by atoms with Gasteiger partial charge in [0.2, 0.25) is 0 Å². The van der Waals surface area contributed by atoms with E-state index in [1.54, 1.807) is 31.2 Å². The summed E-state index contributed by atoms with van der Waals surface area (Å²) >= 11 is 16.8. The third kappa shape index (κ3) is 4.21. The topological polar surface area (TPSA) is 89.3 Å². The lowest BCUT2D eigenvalue weighted by Crippen LogP contribution is -2.30. The number of hydrazine groups is 1. The molecule has 1 atom stereocenters. The van der Waals surface area contributed by atoms with Crippen LogP contribution in [0.15, 0.2) is 34.8 Å². The number of nitrogen functional groups attached to an aromatic ring is 1. The fourth-order valence-electron chi connectivity index (χ4n) is 2.18. The quantitative estimate of drug-likeness (QED) is 0.354. The lowest BCUT2D eigenvalue weighted by atomic mass is 10.2. The molecule has 136 valence electrons. The normalized spacial score (nSPS) is 12.0. The molecule has 1 amide bonds. The van der Waals surface area contributed by atoms with E-state index in [0.29, 0.717) is 26.6 Å². The van der Waals surface area contributed by atoms with Crippen molar-refractivity contribution in [1.82, 2.24) is 4.98 Å². The number of ether oxygens (including phenoxy) is 1. The predicted molar refractivity (Wildman–Crippen MR) is 110 cm³/mol. The number of nitrogens with two attached hydrogens (primary N) is 1. The van der Waals surface area contributed by atoms with Crippen molar-refractivity contribution in [2.24, 2.45) is 5.84 Å². The number of anilines is 2. The van der Waals surface area contributed by atoms with Crippen LogP contribution in [0.1, 0.15) is 6.92 Å². The fraction of sp³-hybridized carbons (Fsp3) is 0.125. The third-order valence-electron chi connectivity index (χ3n) is 3.41. The lowest BCUT2D eigenvalue weighted by Gasteiger charge is -2.16. The van der Waals surface area contributed by atoms with E-state index in [2.05, 4.69) is 31.7 Å². The highest BCUT2D eigenvalue weighted by molar-refractivity contribution is 9.10. The van der Waals surface area contributed by atoms with E-state index in [1.807, 2.05) is 6.07 Å². The van der Waals surface area contributed by atoms with Gasteiger partial charge in [-0.15, -0.1) is 0 Å². The van der Waals surface area contributed by atoms with Crippen LogP contribution in [0.3, 0.4) is 0 Å². The van der Waals surface area contributed by atoms with Crippen molar-refractivity contribution in [2.45, 2.75) is 13.0 Å². The van der Waals surface area contributed by atoms with Gasteiger partial charge in [0.15, 0.2) is 11.2 Å². The molecule has 6 nitrogen and oxygen atoms in total. The number of hydrogen-bond donors (Lipinski definition) is 3. The Morgan fingerprint density at radius 2 is 2.12 bits per heavy atom. The zero-order chi connectivity index (χ0) is 18.8. The Labute approximate surface area is 171 Å². The van der Waals surface area contributed by atoms with Gasteiger partial charge in [0, 0.05) is 15.2 Å². The molecule has 3 rings (SSSR count). The van der Waals surface area contributed by atoms with Crippen LogP contribution in [0.5, 0.6) is 5.75 Å². The van der Waals surface area contributed by atoms with Gasteiger partial charge in [-0.3, -0.25) is 10.2 Å².